The number of hydrogen-bond acceptors (Lipinski definition) is 5. The van der Waals surface area contributed by atoms with Gasteiger partial charge in [0.15, 0.2) is 0 Å². The summed E-state index contributed by atoms with van der Waals surface area (Å²) >= 11 is 5.99. The first-order chi connectivity index (χ1) is 12.8. The van der Waals surface area contributed by atoms with Crippen LogP contribution >= 0.6 is 11.6 Å². The maximum absolute atomic E-state index is 12.6. The second-order valence-corrected chi connectivity index (χ2v) is 6.23. The molecule has 1 unspecified atom stereocenters. The minimum atomic E-state index is -0.602. The van der Waals surface area contributed by atoms with Crippen LogP contribution in [0.5, 0.6) is 11.5 Å². The van der Waals surface area contributed by atoms with Crippen LogP contribution in [-0.4, -0.2) is 32.1 Å². The van der Waals surface area contributed by atoms with E-state index in [1.165, 1.54) is 21.1 Å². The van der Waals surface area contributed by atoms with Crippen LogP contribution in [0.4, 0.5) is 17.1 Å². The molecule has 2 aromatic carbocycles. The van der Waals surface area contributed by atoms with Gasteiger partial charge in [0.2, 0.25) is 11.8 Å². The van der Waals surface area contributed by atoms with Crippen molar-refractivity contribution in [3.8, 4) is 11.5 Å². The Hall–Kier alpha value is -2.93. The predicted molar refractivity (Wildman–Crippen MR) is 107 cm³/mol. The minimum absolute atomic E-state index is 0.190. The molecule has 0 radical (unpaired) electrons. The fraction of sp³-hybridized carbons (Fsp3) is 0.263. The predicted octanol–water partition coefficient (Wildman–Crippen LogP) is 3.75. The summed E-state index contributed by atoms with van der Waals surface area (Å²) in [6.45, 7) is 3.13. The number of carbonyl (C=O) groups is 2. The van der Waals surface area contributed by atoms with Gasteiger partial charge in [0, 0.05) is 17.6 Å². The molecule has 7 nitrogen and oxygen atoms in total. The molecular formula is C19H22ClN3O4. The zero-order valence-corrected chi connectivity index (χ0v) is 16.3. The second kappa shape index (κ2) is 9.14. The van der Waals surface area contributed by atoms with Crippen molar-refractivity contribution >= 4 is 40.5 Å². The molecule has 0 aliphatic carbocycles. The van der Waals surface area contributed by atoms with E-state index in [9.17, 15) is 9.59 Å². The average molecular weight is 392 g/mol. The molecule has 0 aromatic heterocycles. The van der Waals surface area contributed by atoms with Crippen molar-refractivity contribution in [3.63, 3.8) is 0 Å². The highest BCUT2D eigenvalue weighted by molar-refractivity contribution is 6.31. The molecule has 27 heavy (non-hydrogen) atoms. The number of methoxy groups -OCH3 is 2. The Balaban J connectivity index is 2.16. The summed E-state index contributed by atoms with van der Waals surface area (Å²) in [7, 11) is 3.04. The number of nitrogens with one attached hydrogen (secondary N) is 3. The highest BCUT2D eigenvalue weighted by atomic mass is 35.5. The van der Waals surface area contributed by atoms with Crippen molar-refractivity contribution in [2.45, 2.75) is 19.9 Å². The van der Waals surface area contributed by atoms with Gasteiger partial charge in [-0.15, -0.1) is 0 Å². The first-order valence-corrected chi connectivity index (χ1v) is 8.58. The smallest absolute Gasteiger partial charge is 0.246 e. The van der Waals surface area contributed by atoms with Crippen molar-refractivity contribution < 1.29 is 19.1 Å². The van der Waals surface area contributed by atoms with Crippen LogP contribution in [0.15, 0.2) is 36.4 Å². The molecule has 3 N–H and O–H groups in total. The number of rotatable bonds is 7. The van der Waals surface area contributed by atoms with E-state index in [1.807, 2.05) is 0 Å². The third kappa shape index (κ3) is 5.52. The first kappa shape index (κ1) is 20.4. The van der Waals surface area contributed by atoms with Crippen molar-refractivity contribution in [1.29, 1.82) is 0 Å². The Bertz CT molecular complexity index is 842. The summed E-state index contributed by atoms with van der Waals surface area (Å²) in [5.74, 6) is 0.571. The Morgan fingerprint density at radius 1 is 0.963 bits per heavy atom. The van der Waals surface area contributed by atoms with Crippen LogP contribution in [0.1, 0.15) is 13.8 Å². The second-order valence-electron chi connectivity index (χ2n) is 5.80. The third-order valence-electron chi connectivity index (χ3n) is 3.70. The van der Waals surface area contributed by atoms with Gasteiger partial charge in [-0.1, -0.05) is 11.6 Å². The summed E-state index contributed by atoms with van der Waals surface area (Å²) in [5.41, 5.74) is 1.64. The number of anilines is 3. The van der Waals surface area contributed by atoms with E-state index in [-0.39, 0.29) is 11.8 Å². The molecule has 0 spiro atoms. The van der Waals surface area contributed by atoms with Crippen LogP contribution < -0.4 is 25.4 Å². The number of carbonyl (C=O) groups excluding carboxylic acids is 2. The molecule has 0 saturated carbocycles. The van der Waals surface area contributed by atoms with Gasteiger partial charge in [-0.2, -0.15) is 0 Å². The van der Waals surface area contributed by atoms with Gasteiger partial charge >= 0.3 is 0 Å². The molecule has 1 atom stereocenters. The summed E-state index contributed by atoms with van der Waals surface area (Å²) in [6.07, 6.45) is 0. The number of amides is 2. The third-order valence-corrected chi connectivity index (χ3v) is 3.94. The maximum atomic E-state index is 12.6. The molecule has 0 aliphatic heterocycles. The highest BCUT2D eigenvalue weighted by Gasteiger charge is 2.17. The van der Waals surface area contributed by atoms with Gasteiger partial charge in [-0.3, -0.25) is 9.59 Å². The summed E-state index contributed by atoms with van der Waals surface area (Å²) < 4.78 is 10.5. The zero-order valence-electron chi connectivity index (χ0n) is 15.6. The Morgan fingerprint density at radius 2 is 1.59 bits per heavy atom. The molecule has 2 rings (SSSR count). The summed E-state index contributed by atoms with van der Waals surface area (Å²) in [4.78, 5) is 23.8. The SMILES string of the molecule is COc1ccc(Cl)cc1NC(=O)C(C)Nc1cc(NC(C)=O)ccc1OC. The number of hydrogen-bond donors (Lipinski definition) is 3. The number of benzene rings is 2. The largest absolute Gasteiger partial charge is 0.495 e. The molecule has 2 amide bonds. The highest BCUT2D eigenvalue weighted by Crippen LogP contribution is 2.30. The summed E-state index contributed by atoms with van der Waals surface area (Å²) in [6, 6.07) is 9.49. The molecule has 144 valence electrons. The van der Waals surface area contributed by atoms with Gasteiger partial charge in [0.25, 0.3) is 0 Å². The minimum Gasteiger partial charge on any atom is -0.495 e. The van der Waals surface area contributed by atoms with Gasteiger partial charge in [0.1, 0.15) is 17.5 Å². The fourth-order valence-corrected chi connectivity index (χ4v) is 2.59. The van der Waals surface area contributed by atoms with E-state index >= 15 is 0 Å². The molecule has 2 aromatic rings. The monoisotopic (exact) mass is 391 g/mol. The van der Waals surface area contributed by atoms with Gasteiger partial charge < -0.3 is 25.4 Å². The lowest BCUT2D eigenvalue weighted by Gasteiger charge is -2.19. The Kier molecular flexibility index (Phi) is 6.90. The Labute approximate surface area is 163 Å². The lowest BCUT2D eigenvalue weighted by atomic mass is 10.2. The van der Waals surface area contributed by atoms with Crippen molar-refractivity contribution in [2.24, 2.45) is 0 Å². The van der Waals surface area contributed by atoms with E-state index in [1.54, 1.807) is 43.3 Å². The fourth-order valence-electron chi connectivity index (χ4n) is 2.42. The van der Waals surface area contributed by atoms with E-state index in [0.29, 0.717) is 33.6 Å². The van der Waals surface area contributed by atoms with Crippen molar-refractivity contribution in [2.75, 3.05) is 30.2 Å². The van der Waals surface area contributed by atoms with E-state index in [2.05, 4.69) is 16.0 Å². The quantitative estimate of drug-likeness (QED) is 0.668. The van der Waals surface area contributed by atoms with Crippen molar-refractivity contribution in [1.82, 2.24) is 0 Å². The first-order valence-electron chi connectivity index (χ1n) is 8.20. The van der Waals surface area contributed by atoms with Crippen LogP contribution in [0.25, 0.3) is 0 Å². The molecule has 0 heterocycles. The lowest BCUT2D eigenvalue weighted by Crippen LogP contribution is -2.32. The molecule has 0 fully saturated rings. The van der Waals surface area contributed by atoms with Gasteiger partial charge in [0.05, 0.1) is 25.6 Å². The molecular weight excluding hydrogens is 370 g/mol. The Morgan fingerprint density at radius 3 is 2.22 bits per heavy atom. The standard InChI is InChI=1S/C19H22ClN3O4/c1-11(19(25)23-15-9-13(20)5-7-17(15)26-3)21-16-10-14(22-12(2)24)6-8-18(16)27-4/h5-11,21H,1-4H3,(H,22,24)(H,23,25). The van der Waals surface area contributed by atoms with Crippen molar-refractivity contribution in [3.05, 3.63) is 41.4 Å². The van der Waals surface area contributed by atoms with Crippen LogP contribution in [-0.2, 0) is 9.59 Å². The van der Waals surface area contributed by atoms with Gasteiger partial charge in [-0.05, 0) is 43.3 Å². The zero-order chi connectivity index (χ0) is 20.0. The van der Waals surface area contributed by atoms with Crippen LogP contribution in [0, 0.1) is 0 Å². The lowest BCUT2D eigenvalue weighted by molar-refractivity contribution is -0.116. The topological polar surface area (TPSA) is 88.7 Å². The summed E-state index contributed by atoms with van der Waals surface area (Å²) in [5, 5.41) is 9.05. The molecule has 0 bridgehead atoms. The maximum Gasteiger partial charge on any atom is 0.246 e. The van der Waals surface area contributed by atoms with E-state index in [4.69, 9.17) is 21.1 Å². The normalized spacial score (nSPS) is 11.3. The molecule has 8 heteroatoms. The number of ether oxygens (including phenoxy) is 2. The van der Waals surface area contributed by atoms with E-state index < -0.39 is 6.04 Å². The van der Waals surface area contributed by atoms with E-state index in [0.717, 1.165) is 0 Å². The van der Waals surface area contributed by atoms with Crippen LogP contribution in [0.2, 0.25) is 5.02 Å². The molecule has 0 saturated heterocycles. The number of halogens is 1. The average Bonchev–Trinajstić information content (AvgIpc) is 2.61. The van der Waals surface area contributed by atoms with Crippen LogP contribution in [0.3, 0.4) is 0 Å². The molecule has 0 aliphatic rings. The van der Waals surface area contributed by atoms with Gasteiger partial charge in [-0.25, -0.2) is 0 Å².